The number of sulfonamides is 2. The Hall–Kier alpha value is -3.78. The number of halogens is 3. The molecule has 4 rings (SSSR count). The molecule has 0 bridgehead atoms. The summed E-state index contributed by atoms with van der Waals surface area (Å²) >= 11 is 0. The number of nitrogens with one attached hydrogen (secondary N) is 2. The van der Waals surface area contributed by atoms with E-state index in [9.17, 15) is 34.8 Å². The lowest BCUT2D eigenvalue weighted by Crippen LogP contribution is -2.38. The summed E-state index contributed by atoms with van der Waals surface area (Å²) in [6.45, 7) is 3.21. The second-order valence-electron chi connectivity index (χ2n) is 9.65. The number of alkyl halides is 3. The number of methoxy groups -OCH3 is 1. The van der Waals surface area contributed by atoms with Gasteiger partial charge in [0.1, 0.15) is 5.75 Å². The zero-order valence-corrected chi connectivity index (χ0v) is 23.7. The first-order valence-corrected chi connectivity index (χ1v) is 15.5. The highest BCUT2D eigenvalue weighted by molar-refractivity contribution is 7.93. The minimum Gasteiger partial charge on any atom is -0.496 e. The van der Waals surface area contributed by atoms with Crippen molar-refractivity contribution < 1.29 is 39.5 Å². The van der Waals surface area contributed by atoms with Gasteiger partial charge in [-0.25, -0.2) is 16.8 Å². The molecule has 1 heterocycles. The standard InChI is InChI=1S/C27H28F3N3O6S2/c1-18-12-14-33(15-13-18)26(34)24-17-23(10-11-25(24)39-2)41(37,38)31-20-6-8-22(9-7-20)40(35,36)32-21-5-3-4-19(16-21)27(28,29)30/h3-11,16-18,31-32H,12-15H2,1-2H3. The van der Waals surface area contributed by atoms with Crippen LogP contribution in [-0.4, -0.2) is 47.8 Å². The Kier molecular flexibility index (Phi) is 8.54. The van der Waals surface area contributed by atoms with E-state index in [-0.39, 0.29) is 38.4 Å². The lowest BCUT2D eigenvalue weighted by Gasteiger charge is -2.30. The van der Waals surface area contributed by atoms with Gasteiger partial charge < -0.3 is 9.64 Å². The Labute approximate surface area is 236 Å². The van der Waals surface area contributed by atoms with Crippen molar-refractivity contribution in [3.8, 4) is 5.75 Å². The zero-order valence-electron chi connectivity index (χ0n) is 22.1. The molecule has 3 aromatic carbocycles. The normalized spacial score (nSPS) is 14.9. The van der Waals surface area contributed by atoms with E-state index in [1.165, 1.54) is 43.5 Å². The second kappa shape index (κ2) is 11.6. The fraction of sp³-hybridized carbons (Fsp3) is 0.296. The lowest BCUT2D eigenvalue weighted by molar-refractivity contribution is -0.137. The predicted molar refractivity (Wildman–Crippen MR) is 147 cm³/mol. The number of nitrogens with zero attached hydrogens (tertiary/aromatic N) is 1. The van der Waals surface area contributed by atoms with Crippen LogP contribution in [0, 0.1) is 5.92 Å². The molecule has 1 aliphatic rings. The van der Waals surface area contributed by atoms with E-state index in [1.807, 2.05) is 0 Å². The Morgan fingerprint density at radius 1 is 0.854 bits per heavy atom. The molecule has 9 nitrogen and oxygen atoms in total. The van der Waals surface area contributed by atoms with Crippen molar-refractivity contribution in [3.63, 3.8) is 0 Å². The minimum atomic E-state index is -4.65. The number of amides is 1. The third kappa shape index (κ3) is 7.11. The summed E-state index contributed by atoms with van der Waals surface area (Å²) in [7, 11) is -7.09. The number of piperidine rings is 1. The quantitative estimate of drug-likeness (QED) is 0.362. The van der Waals surface area contributed by atoms with E-state index in [1.54, 1.807) is 4.90 Å². The van der Waals surface area contributed by atoms with Crippen LogP contribution in [0.15, 0.2) is 76.5 Å². The Morgan fingerprint density at radius 2 is 1.44 bits per heavy atom. The highest BCUT2D eigenvalue weighted by Gasteiger charge is 2.31. The minimum absolute atomic E-state index is 0.0248. The molecule has 41 heavy (non-hydrogen) atoms. The van der Waals surface area contributed by atoms with E-state index < -0.39 is 31.8 Å². The van der Waals surface area contributed by atoms with Crippen LogP contribution in [0.25, 0.3) is 0 Å². The average molecular weight is 612 g/mol. The number of ether oxygens (including phenoxy) is 1. The van der Waals surface area contributed by atoms with Crippen LogP contribution < -0.4 is 14.2 Å². The maximum Gasteiger partial charge on any atom is 0.416 e. The van der Waals surface area contributed by atoms with E-state index in [0.717, 1.165) is 37.1 Å². The molecule has 220 valence electrons. The van der Waals surface area contributed by atoms with Crippen molar-refractivity contribution in [2.45, 2.75) is 35.7 Å². The molecule has 0 aromatic heterocycles. The van der Waals surface area contributed by atoms with Crippen molar-refractivity contribution >= 4 is 37.3 Å². The van der Waals surface area contributed by atoms with Crippen LogP contribution in [0.4, 0.5) is 24.5 Å². The van der Waals surface area contributed by atoms with E-state index >= 15 is 0 Å². The van der Waals surface area contributed by atoms with Gasteiger partial charge in [0, 0.05) is 24.5 Å². The number of anilines is 2. The van der Waals surface area contributed by atoms with Gasteiger partial charge in [-0.3, -0.25) is 14.2 Å². The molecule has 0 atom stereocenters. The maximum absolute atomic E-state index is 13.2. The first kappa shape index (κ1) is 30.2. The molecule has 0 spiro atoms. The summed E-state index contributed by atoms with van der Waals surface area (Å²) < 4.78 is 100. The fourth-order valence-electron chi connectivity index (χ4n) is 4.29. The van der Waals surface area contributed by atoms with Crippen molar-refractivity contribution in [1.29, 1.82) is 0 Å². The van der Waals surface area contributed by atoms with Crippen LogP contribution in [0.3, 0.4) is 0 Å². The molecular weight excluding hydrogens is 583 g/mol. The molecular formula is C27H28F3N3O6S2. The van der Waals surface area contributed by atoms with Gasteiger partial charge in [-0.1, -0.05) is 13.0 Å². The van der Waals surface area contributed by atoms with Crippen molar-refractivity contribution in [2.24, 2.45) is 5.92 Å². The molecule has 0 radical (unpaired) electrons. The monoisotopic (exact) mass is 611 g/mol. The summed E-state index contributed by atoms with van der Waals surface area (Å²) in [5, 5.41) is 0. The summed E-state index contributed by atoms with van der Waals surface area (Å²) in [5.74, 6) is 0.388. The Balaban J connectivity index is 1.51. The van der Waals surface area contributed by atoms with E-state index in [0.29, 0.717) is 25.1 Å². The number of likely N-dealkylation sites (tertiary alicyclic amines) is 1. The van der Waals surface area contributed by atoms with Gasteiger partial charge in [-0.2, -0.15) is 13.2 Å². The molecule has 1 aliphatic heterocycles. The van der Waals surface area contributed by atoms with Gasteiger partial charge in [0.15, 0.2) is 0 Å². The Morgan fingerprint density at radius 3 is 2.05 bits per heavy atom. The maximum atomic E-state index is 13.2. The number of benzene rings is 3. The van der Waals surface area contributed by atoms with Gasteiger partial charge in [0.05, 0.1) is 28.0 Å². The topological polar surface area (TPSA) is 122 Å². The van der Waals surface area contributed by atoms with Crippen LogP contribution >= 0.6 is 0 Å². The van der Waals surface area contributed by atoms with E-state index in [2.05, 4.69) is 16.4 Å². The molecule has 1 amide bonds. The van der Waals surface area contributed by atoms with Gasteiger partial charge in [0.2, 0.25) is 0 Å². The SMILES string of the molecule is COc1ccc(S(=O)(=O)Nc2ccc(S(=O)(=O)Nc3cccc(C(F)(F)F)c3)cc2)cc1C(=O)N1CCC(C)CC1. The van der Waals surface area contributed by atoms with Gasteiger partial charge in [-0.15, -0.1) is 0 Å². The summed E-state index contributed by atoms with van der Waals surface area (Å²) in [6, 6.07) is 12.2. The first-order chi connectivity index (χ1) is 19.2. The highest BCUT2D eigenvalue weighted by Crippen LogP contribution is 2.32. The number of rotatable bonds is 8. The van der Waals surface area contributed by atoms with Gasteiger partial charge in [0.25, 0.3) is 26.0 Å². The summed E-state index contributed by atoms with van der Waals surface area (Å²) in [6.07, 6.45) is -2.96. The smallest absolute Gasteiger partial charge is 0.416 e. The Bertz CT molecular complexity index is 1640. The zero-order chi connectivity index (χ0) is 30.0. The number of carbonyl (C=O) groups is 1. The number of carbonyl (C=O) groups excluding carboxylic acids is 1. The molecule has 2 N–H and O–H groups in total. The van der Waals surface area contributed by atoms with Crippen LogP contribution in [-0.2, 0) is 26.2 Å². The third-order valence-corrected chi connectivity index (χ3v) is 9.42. The largest absolute Gasteiger partial charge is 0.496 e. The fourth-order valence-corrected chi connectivity index (χ4v) is 6.43. The number of hydrogen-bond donors (Lipinski definition) is 2. The van der Waals surface area contributed by atoms with Crippen LogP contribution in [0.5, 0.6) is 5.75 Å². The van der Waals surface area contributed by atoms with E-state index in [4.69, 9.17) is 4.74 Å². The summed E-state index contributed by atoms with van der Waals surface area (Å²) in [5.41, 5.74) is -1.17. The van der Waals surface area contributed by atoms with Gasteiger partial charge >= 0.3 is 6.18 Å². The number of hydrogen-bond acceptors (Lipinski definition) is 6. The van der Waals surface area contributed by atoms with Crippen molar-refractivity contribution in [2.75, 3.05) is 29.6 Å². The highest BCUT2D eigenvalue weighted by atomic mass is 32.2. The molecule has 0 saturated carbocycles. The molecule has 14 heteroatoms. The first-order valence-electron chi connectivity index (χ1n) is 12.5. The summed E-state index contributed by atoms with van der Waals surface area (Å²) in [4.78, 5) is 14.3. The second-order valence-corrected chi connectivity index (χ2v) is 13.0. The lowest BCUT2D eigenvalue weighted by atomic mass is 9.98. The van der Waals surface area contributed by atoms with Crippen molar-refractivity contribution in [1.82, 2.24) is 4.90 Å². The molecule has 3 aromatic rings. The average Bonchev–Trinajstić information content (AvgIpc) is 2.92. The predicted octanol–water partition coefficient (Wildman–Crippen LogP) is 5.19. The molecule has 1 fully saturated rings. The third-order valence-electron chi connectivity index (χ3n) is 6.64. The van der Waals surface area contributed by atoms with Crippen molar-refractivity contribution in [3.05, 3.63) is 77.9 Å². The molecule has 1 saturated heterocycles. The van der Waals surface area contributed by atoms with Crippen LogP contribution in [0.1, 0.15) is 35.7 Å². The molecule has 0 unspecified atom stereocenters. The van der Waals surface area contributed by atoms with Crippen LogP contribution in [0.2, 0.25) is 0 Å². The molecule has 0 aliphatic carbocycles. The van der Waals surface area contributed by atoms with Gasteiger partial charge in [-0.05, 0) is 79.4 Å².